The van der Waals surface area contributed by atoms with Crippen LogP contribution in [-0.2, 0) is 4.79 Å². The summed E-state index contributed by atoms with van der Waals surface area (Å²) >= 11 is 3.26. The second kappa shape index (κ2) is 6.01. The van der Waals surface area contributed by atoms with E-state index in [1.807, 2.05) is 0 Å². The maximum Gasteiger partial charge on any atom is 0.319 e. The number of aromatic nitrogens is 1. The first kappa shape index (κ1) is 13.8. The zero-order valence-electron chi connectivity index (χ0n) is 10.1. The van der Waals surface area contributed by atoms with Crippen molar-refractivity contribution in [3.05, 3.63) is 22.9 Å². The van der Waals surface area contributed by atoms with E-state index in [0.29, 0.717) is 24.9 Å². The second-order valence-electron chi connectivity index (χ2n) is 4.54. The Balaban J connectivity index is 1.84. The number of urea groups is 1. The van der Waals surface area contributed by atoms with Crippen molar-refractivity contribution in [2.24, 2.45) is 5.92 Å². The largest absolute Gasteiger partial charge is 0.481 e. The quantitative estimate of drug-likeness (QED) is 0.793. The lowest BCUT2D eigenvalue weighted by molar-refractivity contribution is -0.141. The van der Waals surface area contributed by atoms with Crippen molar-refractivity contribution in [2.75, 3.05) is 5.32 Å². The molecule has 3 N–H and O–H groups in total. The van der Waals surface area contributed by atoms with Crippen LogP contribution in [0.1, 0.15) is 19.3 Å². The molecule has 1 heterocycles. The number of amides is 2. The molecule has 0 aromatic carbocycles. The molecule has 0 aliphatic heterocycles. The Bertz CT molecular complexity index is 495. The molecule has 1 fully saturated rings. The number of rotatable bonds is 3. The Morgan fingerprint density at radius 3 is 2.79 bits per heavy atom. The van der Waals surface area contributed by atoms with Crippen LogP contribution in [-0.4, -0.2) is 28.1 Å². The molecule has 0 spiro atoms. The normalized spacial score (nSPS) is 21.9. The molecule has 7 heteroatoms. The first-order valence-corrected chi connectivity index (χ1v) is 6.75. The van der Waals surface area contributed by atoms with Gasteiger partial charge in [-0.15, -0.1) is 0 Å². The number of hydrogen-bond donors (Lipinski definition) is 3. The van der Waals surface area contributed by atoms with Crippen LogP contribution in [0.3, 0.4) is 0 Å². The summed E-state index contributed by atoms with van der Waals surface area (Å²) in [4.78, 5) is 26.5. The topological polar surface area (TPSA) is 91.3 Å². The Kier molecular flexibility index (Phi) is 4.36. The number of aliphatic carboxylic acids is 1. The minimum atomic E-state index is -0.791. The van der Waals surface area contributed by atoms with E-state index < -0.39 is 5.97 Å². The molecule has 2 atom stereocenters. The average Bonchev–Trinajstić information content (AvgIpc) is 2.77. The van der Waals surface area contributed by atoms with Crippen molar-refractivity contribution in [3.63, 3.8) is 0 Å². The minimum absolute atomic E-state index is 0.0822. The van der Waals surface area contributed by atoms with Crippen LogP contribution in [0.25, 0.3) is 0 Å². The van der Waals surface area contributed by atoms with E-state index in [1.54, 1.807) is 18.5 Å². The molecule has 2 unspecified atom stereocenters. The van der Waals surface area contributed by atoms with Crippen LogP contribution in [0.4, 0.5) is 10.5 Å². The summed E-state index contributed by atoms with van der Waals surface area (Å²) in [7, 11) is 0. The van der Waals surface area contributed by atoms with Crippen LogP contribution >= 0.6 is 15.9 Å². The van der Waals surface area contributed by atoms with E-state index in [0.717, 1.165) is 4.47 Å². The molecule has 2 amide bonds. The highest BCUT2D eigenvalue weighted by atomic mass is 79.9. The molecule has 19 heavy (non-hydrogen) atoms. The maximum absolute atomic E-state index is 11.7. The molecular weight excluding hydrogens is 314 g/mol. The number of carbonyl (C=O) groups excluding carboxylic acids is 1. The molecule has 1 aromatic rings. The smallest absolute Gasteiger partial charge is 0.319 e. The average molecular weight is 328 g/mol. The Morgan fingerprint density at radius 1 is 1.37 bits per heavy atom. The van der Waals surface area contributed by atoms with Gasteiger partial charge in [-0.1, -0.05) is 0 Å². The number of nitrogens with zero attached hydrogens (tertiary/aromatic N) is 1. The fraction of sp³-hybridized carbons (Fsp3) is 0.417. The van der Waals surface area contributed by atoms with Gasteiger partial charge in [0.05, 0.1) is 17.8 Å². The van der Waals surface area contributed by atoms with E-state index in [-0.39, 0.29) is 18.0 Å². The zero-order chi connectivity index (χ0) is 13.8. The molecule has 0 radical (unpaired) electrons. The standard InChI is InChI=1S/C12H14BrN3O3/c13-8-4-10(6-14-5-8)16-12(19)15-9-2-1-7(3-9)11(17)18/h4-7,9H,1-3H2,(H,17,18)(H2,15,16,19). The van der Waals surface area contributed by atoms with Crippen LogP contribution in [0.15, 0.2) is 22.9 Å². The summed E-state index contributed by atoms with van der Waals surface area (Å²) in [5.74, 6) is -1.14. The highest BCUT2D eigenvalue weighted by Crippen LogP contribution is 2.25. The van der Waals surface area contributed by atoms with Gasteiger partial charge in [0, 0.05) is 16.7 Å². The summed E-state index contributed by atoms with van der Waals surface area (Å²) in [6, 6.07) is 1.32. The highest BCUT2D eigenvalue weighted by Gasteiger charge is 2.30. The fourth-order valence-corrected chi connectivity index (χ4v) is 2.53. The zero-order valence-corrected chi connectivity index (χ0v) is 11.7. The number of hydrogen-bond acceptors (Lipinski definition) is 3. The third-order valence-corrected chi connectivity index (χ3v) is 3.51. The molecule has 0 bridgehead atoms. The van der Waals surface area contributed by atoms with Gasteiger partial charge < -0.3 is 15.7 Å². The van der Waals surface area contributed by atoms with Gasteiger partial charge in [0.25, 0.3) is 0 Å². The van der Waals surface area contributed by atoms with Gasteiger partial charge in [0.15, 0.2) is 0 Å². The SMILES string of the molecule is O=C(Nc1cncc(Br)c1)NC1CCC(C(=O)O)C1. The maximum atomic E-state index is 11.7. The van der Waals surface area contributed by atoms with Gasteiger partial charge in [-0.25, -0.2) is 4.79 Å². The van der Waals surface area contributed by atoms with E-state index in [4.69, 9.17) is 5.11 Å². The molecule has 1 aliphatic rings. The van der Waals surface area contributed by atoms with Gasteiger partial charge in [0.2, 0.25) is 0 Å². The summed E-state index contributed by atoms with van der Waals surface area (Å²) in [6.07, 6.45) is 4.95. The molecule has 2 rings (SSSR count). The van der Waals surface area contributed by atoms with Crippen LogP contribution in [0, 0.1) is 5.92 Å². The van der Waals surface area contributed by atoms with Crippen molar-refractivity contribution >= 4 is 33.6 Å². The Hall–Kier alpha value is -1.63. The Labute approximate surface area is 118 Å². The van der Waals surface area contributed by atoms with Gasteiger partial charge in [-0.05, 0) is 41.3 Å². The summed E-state index contributed by atoms with van der Waals surface area (Å²) in [5.41, 5.74) is 0.583. The highest BCUT2D eigenvalue weighted by molar-refractivity contribution is 9.10. The van der Waals surface area contributed by atoms with Crippen molar-refractivity contribution < 1.29 is 14.7 Å². The lowest BCUT2D eigenvalue weighted by Crippen LogP contribution is -2.36. The van der Waals surface area contributed by atoms with E-state index in [2.05, 4.69) is 31.5 Å². The van der Waals surface area contributed by atoms with E-state index in [9.17, 15) is 9.59 Å². The monoisotopic (exact) mass is 327 g/mol. The number of anilines is 1. The lowest BCUT2D eigenvalue weighted by Gasteiger charge is -2.13. The van der Waals surface area contributed by atoms with Gasteiger partial charge in [0.1, 0.15) is 0 Å². The first-order valence-electron chi connectivity index (χ1n) is 5.95. The minimum Gasteiger partial charge on any atom is -0.481 e. The van der Waals surface area contributed by atoms with Crippen molar-refractivity contribution in [3.8, 4) is 0 Å². The van der Waals surface area contributed by atoms with Crippen LogP contribution in [0.5, 0.6) is 0 Å². The van der Waals surface area contributed by atoms with Crippen LogP contribution < -0.4 is 10.6 Å². The van der Waals surface area contributed by atoms with Crippen LogP contribution in [0.2, 0.25) is 0 Å². The molecule has 102 valence electrons. The van der Waals surface area contributed by atoms with Crippen molar-refractivity contribution in [2.45, 2.75) is 25.3 Å². The summed E-state index contributed by atoms with van der Waals surface area (Å²) in [6.45, 7) is 0. The molecule has 1 aromatic heterocycles. The number of carboxylic acids is 1. The third-order valence-electron chi connectivity index (χ3n) is 3.08. The number of carbonyl (C=O) groups is 2. The summed E-state index contributed by atoms with van der Waals surface area (Å²) < 4.78 is 0.775. The molecule has 6 nitrogen and oxygen atoms in total. The second-order valence-corrected chi connectivity index (χ2v) is 5.45. The van der Waals surface area contributed by atoms with E-state index in [1.165, 1.54) is 0 Å². The van der Waals surface area contributed by atoms with E-state index >= 15 is 0 Å². The number of nitrogens with one attached hydrogen (secondary N) is 2. The van der Waals surface area contributed by atoms with Crippen molar-refractivity contribution in [1.82, 2.24) is 10.3 Å². The molecular formula is C12H14BrN3O3. The molecule has 1 saturated carbocycles. The van der Waals surface area contributed by atoms with Gasteiger partial charge in [-0.3, -0.25) is 9.78 Å². The van der Waals surface area contributed by atoms with Gasteiger partial charge >= 0.3 is 12.0 Å². The number of pyridine rings is 1. The third kappa shape index (κ3) is 3.92. The van der Waals surface area contributed by atoms with Crippen molar-refractivity contribution in [1.29, 1.82) is 0 Å². The predicted octanol–water partition coefficient (Wildman–Crippen LogP) is 2.22. The lowest BCUT2D eigenvalue weighted by atomic mass is 10.1. The summed E-state index contributed by atoms with van der Waals surface area (Å²) in [5, 5.41) is 14.3. The number of halogens is 1. The number of carboxylic acid groups (broad SMARTS) is 1. The van der Waals surface area contributed by atoms with Gasteiger partial charge in [-0.2, -0.15) is 0 Å². The molecule has 0 saturated heterocycles. The predicted molar refractivity (Wildman–Crippen MR) is 72.9 cm³/mol. The molecule has 1 aliphatic carbocycles. The Morgan fingerprint density at radius 2 is 2.16 bits per heavy atom. The first-order chi connectivity index (χ1) is 9.04. The fourth-order valence-electron chi connectivity index (χ4n) is 2.17.